The van der Waals surface area contributed by atoms with Gasteiger partial charge in [-0.15, -0.1) is 0 Å². The molecule has 1 N–H and O–H groups in total. The van der Waals surface area contributed by atoms with Crippen LogP contribution in [-0.2, 0) is 0 Å². The van der Waals surface area contributed by atoms with Gasteiger partial charge in [-0.25, -0.2) is 0 Å². The van der Waals surface area contributed by atoms with Crippen LogP contribution in [0.5, 0.6) is 0 Å². The average molecular weight is 256 g/mol. The van der Waals surface area contributed by atoms with E-state index in [-0.39, 0.29) is 6.10 Å². The second kappa shape index (κ2) is 13.4. The van der Waals surface area contributed by atoms with E-state index >= 15 is 0 Å². The molecule has 0 aliphatic heterocycles. The van der Waals surface area contributed by atoms with Crippen LogP contribution < -0.4 is 0 Å². The third-order valence-corrected chi connectivity index (χ3v) is 3.71. The fourth-order valence-corrected chi connectivity index (χ4v) is 2.41. The number of aliphatic hydroxyl groups excluding tert-OH is 1. The van der Waals surface area contributed by atoms with Gasteiger partial charge in [0.2, 0.25) is 0 Å². The lowest BCUT2D eigenvalue weighted by Crippen LogP contribution is -2.06. The van der Waals surface area contributed by atoms with Gasteiger partial charge in [0.1, 0.15) is 0 Å². The Kier molecular flexibility index (Phi) is 13.4. The van der Waals surface area contributed by atoms with Crippen molar-refractivity contribution in [2.75, 3.05) is 0 Å². The molecule has 0 aliphatic carbocycles. The number of rotatable bonds is 13. The Hall–Kier alpha value is -0.0400. The molecule has 1 atom stereocenters. The Balaban J connectivity index is 3.15. The lowest BCUT2D eigenvalue weighted by atomic mass is 10.0. The molecule has 0 heterocycles. The summed E-state index contributed by atoms with van der Waals surface area (Å²) in [6, 6.07) is 0. The van der Waals surface area contributed by atoms with Gasteiger partial charge in [-0.1, -0.05) is 85.0 Å². The van der Waals surface area contributed by atoms with Crippen molar-refractivity contribution in [2.45, 2.75) is 104 Å². The lowest BCUT2D eigenvalue weighted by molar-refractivity contribution is 0.147. The van der Waals surface area contributed by atoms with Crippen LogP contribution in [0.15, 0.2) is 0 Å². The molecule has 0 aromatic rings. The summed E-state index contributed by atoms with van der Waals surface area (Å²) in [4.78, 5) is 0. The van der Waals surface area contributed by atoms with Crippen molar-refractivity contribution in [3.8, 4) is 0 Å². The summed E-state index contributed by atoms with van der Waals surface area (Å²) in [6.45, 7) is 6.82. The molecule has 0 aromatic heterocycles. The molecule has 1 unspecified atom stereocenters. The standard InChI is InChI=1S/C17H36O/c1-4-5-6-7-8-11-14-17(18)15-12-9-10-13-16(2)3/h16-18H,4-15H2,1-3H3. The normalized spacial score (nSPS) is 13.2. The van der Waals surface area contributed by atoms with Gasteiger partial charge in [0.15, 0.2) is 0 Å². The van der Waals surface area contributed by atoms with Gasteiger partial charge in [-0.05, 0) is 18.8 Å². The Bertz CT molecular complexity index is 154. The van der Waals surface area contributed by atoms with Crippen molar-refractivity contribution in [3.63, 3.8) is 0 Å². The number of aliphatic hydroxyl groups is 1. The van der Waals surface area contributed by atoms with Crippen LogP contribution in [-0.4, -0.2) is 11.2 Å². The van der Waals surface area contributed by atoms with Crippen LogP contribution in [0.2, 0.25) is 0 Å². The van der Waals surface area contributed by atoms with E-state index in [2.05, 4.69) is 20.8 Å². The molecule has 18 heavy (non-hydrogen) atoms. The maximum atomic E-state index is 9.86. The second-order valence-corrected chi connectivity index (χ2v) is 6.24. The van der Waals surface area contributed by atoms with Gasteiger partial charge in [-0.2, -0.15) is 0 Å². The first-order chi connectivity index (χ1) is 8.66. The minimum absolute atomic E-state index is 0.0322. The van der Waals surface area contributed by atoms with E-state index in [0.717, 1.165) is 18.8 Å². The maximum absolute atomic E-state index is 9.86. The van der Waals surface area contributed by atoms with Gasteiger partial charge in [0, 0.05) is 0 Å². The lowest BCUT2D eigenvalue weighted by Gasteiger charge is -2.10. The van der Waals surface area contributed by atoms with Crippen molar-refractivity contribution in [1.82, 2.24) is 0 Å². The van der Waals surface area contributed by atoms with E-state index in [0.29, 0.717) is 0 Å². The van der Waals surface area contributed by atoms with Crippen LogP contribution >= 0.6 is 0 Å². The molecule has 0 aliphatic rings. The predicted molar refractivity (Wildman–Crippen MR) is 81.9 cm³/mol. The van der Waals surface area contributed by atoms with E-state index in [9.17, 15) is 5.11 Å². The van der Waals surface area contributed by atoms with Crippen LogP contribution in [0.25, 0.3) is 0 Å². The molecular formula is C17H36O. The zero-order valence-electron chi connectivity index (χ0n) is 13.1. The van der Waals surface area contributed by atoms with E-state index in [4.69, 9.17) is 0 Å². The smallest absolute Gasteiger partial charge is 0.0540 e. The van der Waals surface area contributed by atoms with E-state index < -0.39 is 0 Å². The first-order valence-corrected chi connectivity index (χ1v) is 8.34. The first-order valence-electron chi connectivity index (χ1n) is 8.34. The Morgan fingerprint density at radius 2 is 1.11 bits per heavy atom. The Labute approximate surface area is 115 Å². The number of hydrogen-bond acceptors (Lipinski definition) is 1. The summed E-state index contributed by atoms with van der Waals surface area (Å²) < 4.78 is 0. The predicted octanol–water partition coefficient (Wildman–Crippen LogP) is 5.70. The minimum atomic E-state index is -0.0322. The highest BCUT2D eigenvalue weighted by Gasteiger charge is 2.03. The van der Waals surface area contributed by atoms with E-state index in [1.807, 2.05) is 0 Å². The molecule has 110 valence electrons. The molecule has 0 saturated heterocycles. The van der Waals surface area contributed by atoms with E-state index in [1.165, 1.54) is 64.2 Å². The van der Waals surface area contributed by atoms with Crippen molar-refractivity contribution in [1.29, 1.82) is 0 Å². The monoisotopic (exact) mass is 256 g/mol. The van der Waals surface area contributed by atoms with Crippen LogP contribution in [0.1, 0.15) is 97.8 Å². The van der Waals surface area contributed by atoms with Gasteiger partial charge in [0.05, 0.1) is 6.10 Å². The summed E-state index contributed by atoms with van der Waals surface area (Å²) in [5.74, 6) is 0.832. The molecule has 0 spiro atoms. The number of unbranched alkanes of at least 4 members (excludes halogenated alkanes) is 7. The highest BCUT2D eigenvalue weighted by Crippen LogP contribution is 2.14. The van der Waals surface area contributed by atoms with Crippen LogP contribution in [0.4, 0.5) is 0 Å². The first kappa shape index (κ1) is 18.0. The summed E-state index contributed by atoms with van der Waals surface area (Å²) in [5, 5.41) is 9.86. The topological polar surface area (TPSA) is 20.2 Å². The van der Waals surface area contributed by atoms with Crippen LogP contribution in [0, 0.1) is 5.92 Å². The van der Waals surface area contributed by atoms with Crippen molar-refractivity contribution in [3.05, 3.63) is 0 Å². The highest BCUT2D eigenvalue weighted by atomic mass is 16.3. The summed E-state index contributed by atoms with van der Waals surface area (Å²) in [5.41, 5.74) is 0. The largest absolute Gasteiger partial charge is 0.393 e. The van der Waals surface area contributed by atoms with Crippen molar-refractivity contribution in [2.24, 2.45) is 5.92 Å². The van der Waals surface area contributed by atoms with Crippen molar-refractivity contribution >= 4 is 0 Å². The van der Waals surface area contributed by atoms with Crippen LogP contribution in [0.3, 0.4) is 0 Å². The third-order valence-electron chi connectivity index (χ3n) is 3.71. The molecular weight excluding hydrogens is 220 g/mol. The third kappa shape index (κ3) is 14.0. The molecule has 0 bridgehead atoms. The van der Waals surface area contributed by atoms with Gasteiger partial charge < -0.3 is 5.11 Å². The van der Waals surface area contributed by atoms with E-state index in [1.54, 1.807) is 0 Å². The molecule has 0 aromatic carbocycles. The molecule has 1 nitrogen and oxygen atoms in total. The zero-order chi connectivity index (χ0) is 13.6. The Morgan fingerprint density at radius 3 is 1.67 bits per heavy atom. The quantitative estimate of drug-likeness (QED) is 0.419. The summed E-state index contributed by atoms with van der Waals surface area (Å²) >= 11 is 0. The fraction of sp³-hybridized carbons (Fsp3) is 1.00. The highest BCUT2D eigenvalue weighted by molar-refractivity contribution is 4.57. The molecule has 0 saturated carbocycles. The maximum Gasteiger partial charge on any atom is 0.0540 e. The van der Waals surface area contributed by atoms with Crippen molar-refractivity contribution < 1.29 is 5.11 Å². The zero-order valence-corrected chi connectivity index (χ0v) is 13.1. The molecule has 1 heteroatoms. The Morgan fingerprint density at radius 1 is 0.667 bits per heavy atom. The SMILES string of the molecule is CCCCCCCCC(O)CCCCCC(C)C. The molecule has 0 fully saturated rings. The average Bonchev–Trinajstić information content (AvgIpc) is 2.33. The molecule has 0 radical (unpaired) electrons. The second-order valence-electron chi connectivity index (χ2n) is 6.24. The molecule has 0 amide bonds. The fourth-order valence-electron chi connectivity index (χ4n) is 2.41. The van der Waals surface area contributed by atoms with Gasteiger partial charge in [-0.3, -0.25) is 0 Å². The minimum Gasteiger partial charge on any atom is -0.393 e. The number of hydrogen-bond donors (Lipinski definition) is 1. The van der Waals surface area contributed by atoms with Gasteiger partial charge in [0.25, 0.3) is 0 Å². The molecule has 0 rings (SSSR count). The summed E-state index contributed by atoms with van der Waals surface area (Å²) in [7, 11) is 0. The summed E-state index contributed by atoms with van der Waals surface area (Å²) in [6.07, 6.45) is 15.2. The van der Waals surface area contributed by atoms with Gasteiger partial charge >= 0.3 is 0 Å².